The number of aliphatic carboxylic acids is 1. The minimum absolute atomic E-state index is 0.216. The van der Waals surface area contributed by atoms with Crippen molar-refractivity contribution < 1.29 is 28.9 Å². The van der Waals surface area contributed by atoms with Gasteiger partial charge in [0.2, 0.25) is 0 Å². The molecule has 0 saturated carbocycles. The fraction of sp³-hybridized carbons (Fsp3) is 0.500. The molecule has 1 aliphatic rings. The Bertz CT molecular complexity index is 588. The second-order valence-electron chi connectivity index (χ2n) is 5.41. The lowest BCUT2D eigenvalue weighted by atomic mass is 10.2. The van der Waals surface area contributed by atoms with Gasteiger partial charge in [0.1, 0.15) is 17.5 Å². The average molecular weight is 323 g/mol. The summed E-state index contributed by atoms with van der Waals surface area (Å²) in [6.07, 6.45) is 0.0300. The summed E-state index contributed by atoms with van der Waals surface area (Å²) in [5.41, 5.74) is 0.890. The molecule has 7 heteroatoms. The van der Waals surface area contributed by atoms with Gasteiger partial charge in [-0.2, -0.15) is 0 Å². The minimum Gasteiger partial charge on any atom is -0.496 e. The number of rotatable bonds is 6. The van der Waals surface area contributed by atoms with E-state index in [1.165, 1.54) is 12.0 Å². The largest absolute Gasteiger partial charge is 0.496 e. The van der Waals surface area contributed by atoms with Crippen LogP contribution in [0.2, 0.25) is 0 Å². The monoisotopic (exact) mass is 323 g/mol. The summed E-state index contributed by atoms with van der Waals surface area (Å²) in [6.45, 7) is 1.92. The van der Waals surface area contributed by atoms with Crippen LogP contribution < -0.4 is 9.47 Å². The third-order valence-corrected chi connectivity index (χ3v) is 3.93. The summed E-state index contributed by atoms with van der Waals surface area (Å²) in [4.78, 5) is 24.8. The van der Waals surface area contributed by atoms with Gasteiger partial charge in [0.15, 0.2) is 6.61 Å². The van der Waals surface area contributed by atoms with Crippen molar-refractivity contribution in [2.75, 3.05) is 27.4 Å². The molecule has 1 saturated heterocycles. The molecular weight excluding hydrogens is 302 g/mol. The molecule has 7 nitrogen and oxygen atoms in total. The predicted octanol–water partition coefficient (Wildman–Crippen LogP) is 1.08. The number of amides is 1. The molecular formula is C16H21NO6. The Morgan fingerprint density at radius 3 is 2.65 bits per heavy atom. The fourth-order valence-electron chi connectivity index (χ4n) is 2.65. The third kappa shape index (κ3) is 3.92. The molecule has 2 atom stereocenters. The zero-order valence-corrected chi connectivity index (χ0v) is 13.4. The molecule has 0 aromatic heterocycles. The van der Waals surface area contributed by atoms with E-state index >= 15 is 0 Å². The molecule has 1 aliphatic heterocycles. The zero-order chi connectivity index (χ0) is 17.0. The van der Waals surface area contributed by atoms with Gasteiger partial charge in [-0.3, -0.25) is 4.79 Å². The number of methoxy groups -OCH3 is 2. The lowest BCUT2D eigenvalue weighted by Gasteiger charge is -2.21. The summed E-state index contributed by atoms with van der Waals surface area (Å²) in [5.74, 6) is -0.133. The number of carbonyl (C=O) groups excluding carboxylic acids is 1. The van der Waals surface area contributed by atoms with Crippen molar-refractivity contribution in [3.63, 3.8) is 0 Å². The molecule has 0 spiro atoms. The van der Waals surface area contributed by atoms with E-state index in [0.717, 1.165) is 11.3 Å². The number of hydrogen-bond acceptors (Lipinski definition) is 5. The van der Waals surface area contributed by atoms with Gasteiger partial charge in [-0.15, -0.1) is 0 Å². The molecule has 0 aliphatic carbocycles. The number of carboxylic acid groups (broad SMARTS) is 1. The van der Waals surface area contributed by atoms with Gasteiger partial charge in [-0.05, 0) is 30.7 Å². The van der Waals surface area contributed by atoms with E-state index in [-0.39, 0.29) is 25.2 Å². The van der Waals surface area contributed by atoms with Crippen LogP contribution in [0.1, 0.15) is 12.0 Å². The van der Waals surface area contributed by atoms with Crippen molar-refractivity contribution >= 4 is 11.9 Å². The van der Waals surface area contributed by atoms with Gasteiger partial charge in [-0.25, -0.2) is 4.79 Å². The van der Waals surface area contributed by atoms with Crippen LogP contribution in [-0.2, 0) is 14.3 Å². The van der Waals surface area contributed by atoms with Gasteiger partial charge >= 0.3 is 5.97 Å². The van der Waals surface area contributed by atoms with E-state index < -0.39 is 12.0 Å². The van der Waals surface area contributed by atoms with Crippen molar-refractivity contribution in [2.45, 2.75) is 25.5 Å². The number of benzene rings is 1. The summed E-state index contributed by atoms with van der Waals surface area (Å²) >= 11 is 0. The topological polar surface area (TPSA) is 85.3 Å². The van der Waals surface area contributed by atoms with Gasteiger partial charge in [0.05, 0.1) is 13.2 Å². The SMILES string of the molecule is COc1ccc(OCC(=O)N2CC(OC)CC2C(=O)O)cc1C. The molecule has 0 radical (unpaired) electrons. The highest BCUT2D eigenvalue weighted by Crippen LogP contribution is 2.24. The van der Waals surface area contributed by atoms with Gasteiger partial charge in [0.25, 0.3) is 5.91 Å². The Hall–Kier alpha value is -2.28. The van der Waals surface area contributed by atoms with Crippen LogP contribution in [0.4, 0.5) is 0 Å². The molecule has 2 rings (SSSR count). The van der Waals surface area contributed by atoms with Crippen molar-refractivity contribution in [1.82, 2.24) is 4.90 Å². The first-order chi connectivity index (χ1) is 11.0. The number of ether oxygens (including phenoxy) is 3. The Kier molecular flexibility index (Phi) is 5.44. The summed E-state index contributed by atoms with van der Waals surface area (Å²) in [5, 5.41) is 9.22. The molecule has 1 amide bonds. The van der Waals surface area contributed by atoms with Crippen LogP contribution in [-0.4, -0.2) is 61.4 Å². The second kappa shape index (κ2) is 7.32. The second-order valence-corrected chi connectivity index (χ2v) is 5.41. The van der Waals surface area contributed by atoms with Gasteiger partial charge in [0, 0.05) is 20.1 Å². The van der Waals surface area contributed by atoms with E-state index in [0.29, 0.717) is 12.2 Å². The number of carbonyl (C=O) groups is 2. The van der Waals surface area contributed by atoms with Crippen LogP contribution in [0.15, 0.2) is 18.2 Å². The van der Waals surface area contributed by atoms with E-state index in [4.69, 9.17) is 14.2 Å². The van der Waals surface area contributed by atoms with Crippen molar-refractivity contribution in [1.29, 1.82) is 0 Å². The molecule has 1 N–H and O–H groups in total. The molecule has 1 fully saturated rings. The summed E-state index contributed by atoms with van der Waals surface area (Å²) in [7, 11) is 3.09. The van der Waals surface area contributed by atoms with E-state index in [1.54, 1.807) is 25.3 Å². The molecule has 126 valence electrons. The molecule has 2 unspecified atom stereocenters. The molecule has 1 heterocycles. The van der Waals surface area contributed by atoms with Crippen LogP contribution in [0.25, 0.3) is 0 Å². The first kappa shape index (κ1) is 17.1. The normalized spacial score (nSPS) is 20.4. The van der Waals surface area contributed by atoms with E-state index in [2.05, 4.69) is 0 Å². The first-order valence-electron chi connectivity index (χ1n) is 7.28. The van der Waals surface area contributed by atoms with Crippen LogP contribution in [0.3, 0.4) is 0 Å². The van der Waals surface area contributed by atoms with Gasteiger partial charge in [-0.1, -0.05) is 0 Å². The molecule has 0 bridgehead atoms. The maximum absolute atomic E-state index is 12.3. The van der Waals surface area contributed by atoms with Crippen LogP contribution >= 0.6 is 0 Å². The highest BCUT2D eigenvalue weighted by atomic mass is 16.5. The fourth-order valence-corrected chi connectivity index (χ4v) is 2.65. The minimum atomic E-state index is -1.03. The zero-order valence-electron chi connectivity index (χ0n) is 13.4. The third-order valence-electron chi connectivity index (χ3n) is 3.93. The Morgan fingerprint density at radius 2 is 2.09 bits per heavy atom. The average Bonchev–Trinajstić information content (AvgIpc) is 2.97. The van der Waals surface area contributed by atoms with Crippen molar-refractivity contribution in [3.05, 3.63) is 23.8 Å². The number of carboxylic acids is 1. The van der Waals surface area contributed by atoms with E-state index in [9.17, 15) is 14.7 Å². The number of hydrogen-bond donors (Lipinski definition) is 1. The summed E-state index contributed by atoms with van der Waals surface area (Å²) < 4.78 is 15.8. The predicted molar refractivity (Wildman–Crippen MR) is 81.8 cm³/mol. The number of nitrogens with zero attached hydrogens (tertiary/aromatic N) is 1. The van der Waals surface area contributed by atoms with Gasteiger partial charge < -0.3 is 24.2 Å². The molecule has 1 aromatic carbocycles. The van der Waals surface area contributed by atoms with E-state index in [1.807, 2.05) is 6.92 Å². The number of likely N-dealkylation sites (tertiary alicyclic amines) is 1. The quantitative estimate of drug-likeness (QED) is 0.843. The van der Waals surface area contributed by atoms with Crippen LogP contribution in [0.5, 0.6) is 11.5 Å². The highest BCUT2D eigenvalue weighted by molar-refractivity contribution is 5.85. The highest BCUT2D eigenvalue weighted by Gasteiger charge is 2.39. The van der Waals surface area contributed by atoms with Crippen molar-refractivity contribution in [2.24, 2.45) is 0 Å². The summed E-state index contributed by atoms with van der Waals surface area (Å²) in [6, 6.07) is 4.36. The van der Waals surface area contributed by atoms with Crippen molar-refractivity contribution in [3.8, 4) is 11.5 Å². The standard InChI is InChI=1S/C16H21NO6/c1-10-6-11(4-5-14(10)22-3)23-9-15(18)17-8-12(21-2)7-13(17)16(19)20/h4-6,12-13H,7-9H2,1-3H3,(H,19,20). The Balaban J connectivity index is 1.98. The Labute approximate surface area is 134 Å². The lowest BCUT2D eigenvalue weighted by molar-refractivity contribution is -0.148. The Morgan fingerprint density at radius 1 is 1.35 bits per heavy atom. The molecule has 23 heavy (non-hydrogen) atoms. The lowest BCUT2D eigenvalue weighted by Crippen LogP contribution is -2.43. The molecule has 1 aromatic rings. The van der Waals surface area contributed by atoms with Crippen LogP contribution in [0, 0.1) is 6.92 Å². The number of aryl methyl sites for hydroxylation is 1. The first-order valence-corrected chi connectivity index (χ1v) is 7.28. The smallest absolute Gasteiger partial charge is 0.326 e. The maximum Gasteiger partial charge on any atom is 0.326 e. The maximum atomic E-state index is 12.3.